The third-order valence-corrected chi connectivity index (χ3v) is 5.18. The Kier molecular flexibility index (Phi) is 4.69. The zero-order valence-corrected chi connectivity index (χ0v) is 15.4. The van der Waals surface area contributed by atoms with E-state index < -0.39 is 30.2 Å². The van der Waals surface area contributed by atoms with Gasteiger partial charge in [-0.05, 0) is 63.0 Å². The minimum Gasteiger partial charge on any atom is -0.508 e. The molecule has 2 aromatic carbocycles. The fraction of sp³-hybridized carbons (Fsp3) is 0.350. The maximum absolute atomic E-state index is 12.4. The predicted molar refractivity (Wildman–Crippen MR) is 99.6 cm³/mol. The Hall–Kier alpha value is -2.15. The van der Waals surface area contributed by atoms with Gasteiger partial charge in [-0.25, -0.2) is 0 Å². The van der Waals surface area contributed by atoms with Crippen molar-refractivity contribution in [3.05, 3.63) is 59.7 Å². The minimum atomic E-state index is -1.27. The number of ketones is 1. The summed E-state index contributed by atoms with van der Waals surface area (Å²) in [6.07, 6.45) is -1.27. The van der Waals surface area contributed by atoms with Gasteiger partial charge in [-0.2, -0.15) is 0 Å². The summed E-state index contributed by atoms with van der Waals surface area (Å²) in [7, 11) is -0.487. The molecule has 26 heavy (non-hydrogen) atoms. The first kappa shape index (κ1) is 18.6. The lowest BCUT2D eigenvalue weighted by Crippen LogP contribution is -2.41. The highest BCUT2D eigenvalue weighted by molar-refractivity contribution is 6.62. The largest absolute Gasteiger partial charge is 0.508 e. The molecule has 1 aliphatic rings. The molecule has 0 aromatic heterocycles. The molecule has 0 aliphatic carbocycles. The molecule has 1 saturated heterocycles. The summed E-state index contributed by atoms with van der Waals surface area (Å²) in [5.41, 5.74) is 0.806. The molecule has 1 atom stereocenters. The van der Waals surface area contributed by atoms with Gasteiger partial charge >= 0.3 is 7.12 Å². The molecular weight excluding hydrogens is 331 g/mol. The van der Waals surface area contributed by atoms with Gasteiger partial charge in [0.2, 0.25) is 0 Å². The number of phenolic OH excluding ortho intramolecular Hbond substituents is 1. The number of aliphatic hydroxyl groups excluding tert-OH is 1. The summed E-state index contributed by atoms with van der Waals surface area (Å²) in [6.45, 7) is 7.95. The first-order chi connectivity index (χ1) is 12.1. The molecular formula is C20H23BO5. The number of Topliss-reactive ketones (excluding diaryl/α,β-unsaturated/α-hetero) is 1. The van der Waals surface area contributed by atoms with Crippen LogP contribution in [0.4, 0.5) is 0 Å². The van der Waals surface area contributed by atoms with Crippen LogP contribution >= 0.6 is 0 Å². The van der Waals surface area contributed by atoms with E-state index in [0.717, 1.165) is 5.46 Å². The second kappa shape index (κ2) is 6.54. The minimum absolute atomic E-state index is 0.0720. The summed E-state index contributed by atoms with van der Waals surface area (Å²) in [5, 5.41) is 19.7. The molecule has 1 heterocycles. The molecule has 1 aliphatic heterocycles. The molecule has 0 saturated carbocycles. The van der Waals surface area contributed by atoms with Gasteiger partial charge in [0.25, 0.3) is 0 Å². The molecule has 136 valence electrons. The molecule has 1 unspecified atom stereocenters. The summed E-state index contributed by atoms with van der Waals surface area (Å²) in [6, 6.07) is 12.8. The number of aliphatic hydroxyl groups is 1. The molecule has 3 rings (SSSR count). The monoisotopic (exact) mass is 354 g/mol. The Bertz CT molecular complexity index is 780. The SMILES string of the molecule is CC1(C)OB(c2ccc(C(O)C(=O)c3ccc(O)cc3)cc2)OC1(C)C. The zero-order valence-electron chi connectivity index (χ0n) is 15.4. The van der Waals surface area contributed by atoms with Gasteiger partial charge in [0.05, 0.1) is 11.2 Å². The molecule has 0 radical (unpaired) electrons. The van der Waals surface area contributed by atoms with Crippen LogP contribution in [-0.2, 0) is 9.31 Å². The Morgan fingerprint density at radius 1 is 0.923 bits per heavy atom. The van der Waals surface area contributed by atoms with Gasteiger partial charge in [0.15, 0.2) is 5.78 Å². The third kappa shape index (κ3) is 3.40. The molecule has 2 N–H and O–H groups in total. The lowest BCUT2D eigenvalue weighted by molar-refractivity contribution is 0.00578. The highest BCUT2D eigenvalue weighted by atomic mass is 16.7. The fourth-order valence-corrected chi connectivity index (χ4v) is 2.75. The van der Waals surface area contributed by atoms with Crippen molar-refractivity contribution >= 4 is 18.4 Å². The number of hydrogen-bond donors (Lipinski definition) is 2. The summed E-state index contributed by atoms with van der Waals surface area (Å²) >= 11 is 0. The van der Waals surface area contributed by atoms with Crippen molar-refractivity contribution in [2.24, 2.45) is 0 Å². The molecule has 0 bridgehead atoms. The van der Waals surface area contributed by atoms with Crippen molar-refractivity contribution < 1.29 is 24.3 Å². The van der Waals surface area contributed by atoms with E-state index in [1.54, 1.807) is 24.3 Å². The maximum atomic E-state index is 12.4. The van der Waals surface area contributed by atoms with Crippen LogP contribution in [0.5, 0.6) is 5.75 Å². The van der Waals surface area contributed by atoms with E-state index in [2.05, 4.69) is 0 Å². The zero-order chi connectivity index (χ0) is 19.1. The quantitative estimate of drug-likeness (QED) is 0.652. The molecule has 2 aromatic rings. The topological polar surface area (TPSA) is 76.0 Å². The van der Waals surface area contributed by atoms with E-state index in [9.17, 15) is 15.0 Å². The highest BCUT2D eigenvalue weighted by Crippen LogP contribution is 2.36. The predicted octanol–water partition coefficient (Wildman–Crippen LogP) is 2.61. The van der Waals surface area contributed by atoms with Crippen LogP contribution in [0.15, 0.2) is 48.5 Å². The van der Waals surface area contributed by atoms with Crippen molar-refractivity contribution in [2.45, 2.75) is 45.0 Å². The maximum Gasteiger partial charge on any atom is 0.494 e. The van der Waals surface area contributed by atoms with Crippen LogP contribution in [0.2, 0.25) is 0 Å². The van der Waals surface area contributed by atoms with E-state index in [4.69, 9.17) is 9.31 Å². The molecule has 6 heteroatoms. The number of rotatable bonds is 4. The lowest BCUT2D eigenvalue weighted by atomic mass is 9.78. The van der Waals surface area contributed by atoms with Gasteiger partial charge in [0.1, 0.15) is 11.9 Å². The molecule has 5 nitrogen and oxygen atoms in total. The van der Waals surface area contributed by atoms with E-state index in [0.29, 0.717) is 11.1 Å². The van der Waals surface area contributed by atoms with Crippen LogP contribution in [0.1, 0.15) is 49.7 Å². The van der Waals surface area contributed by atoms with Crippen LogP contribution in [0, 0.1) is 0 Å². The van der Waals surface area contributed by atoms with Crippen LogP contribution < -0.4 is 5.46 Å². The van der Waals surface area contributed by atoms with Crippen molar-refractivity contribution in [1.29, 1.82) is 0 Å². The number of benzene rings is 2. The van der Waals surface area contributed by atoms with Gasteiger partial charge in [-0.1, -0.05) is 24.3 Å². The number of aromatic hydroxyl groups is 1. The number of carbonyl (C=O) groups is 1. The second-order valence-electron chi connectivity index (χ2n) is 7.57. The molecule has 0 amide bonds. The average molecular weight is 354 g/mol. The average Bonchev–Trinajstić information content (AvgIpc) is 2.82. The fourth-order valence-electron chi connectivity index (χ4n) is 2.75. The smallest absolute Gasteiger partial charge is 0.494 e. The van der Waals surface area contributed by atoms with Crippen molar-refractivity contribution in [1.82, 2.24) is 0 Å². The summed E-state index contributed by atoms with van der Waals surface area (Å²) < 4.78 is 12.0. The Labute approximate surface area is 153 Å². The second-order valence-corrected chi connectivity index (χ2v) is 7.57. The standard InChI is InChI=1S/C20H23BO5/c1-19(2)20(3,4)26-21(25-19)15-9-5-13(6-10-15)17(23)18(24)14-7-11-16(22)12-8-14/h5-12,17,22-23H,1-4H3. The molecule has 0 spiro atoms. The number of phenols is 1. The Balaban J connectivity index is 1.75. The first-order valence-corrected chi connectivity index (χ1v) is 8.57. The number of carbonyl (C=O) groups excluding carboxylic acids is 1. The summed E-state index contributed by atoms with van der Waals surface area (Å²) in [4.78, 5) is 12.4. The molecule has 1 fully saturated rings. The van der Waals surface area contributed by atoms with E-state index in [1.807, 2.05) is 27.7 Å². The third-order valence-electron chi connectivity index (χ3n) is 5.18. The van der Waals surface area contributed by atoms with Crippen molar-refractivity contribution in [3.63, 3.8) is 0 Å². The van der Waals surface area contributed by atoms with Crippen LogP contribution in [0.3, 0.4) is 0 Å². The van der Waals surface area contributed by atoms with Crippen LogP contribution in [0.25, 0.3) is 0 Å². The van der Waals surface area contributed by atoms with Gasteiger partial charge in [-0.15, -0.1) is 0 Å². The lowest BCUT2D eigenvalue weighted by Gasteiger charge is -2.32. The Morgan fingerprint density at radius 3 is 1.92 bits per heavy atom. The van der Waals surface area contributed by atoms with Crippen molar-refractivity contribution in [3.8, 4) is 5.75 Å². The normalized spacial score (nSPS) is 19.3. The van der Waals surface area contributed by atoms with Crippen molar-refractivity contribution in [2.75, 3.05) is 0 Å². The van der Waals surface area contributed by atoms with E-state index in [1.165, 1.54) is 24.3 Å². The first-order valence-electron chi connectivity index (χ1n) is 8.57. The van der Waals surface area contributed by atoms with E-state index >= 15 is 0 Å². The van der Waals surface area contributed by atoms with Crippen LogP contribution in [-0.4, -0.2) is 34.3 Å². The van der Waals surface area contributed by atoms with Gasteiger partial charge in [0, 0.05) is 5.56 Å². The van der Waals surface area contributed by atoms with E-state index in [-0.39, 0.29) is 5.75 Å². The number of hydrogen-bond acceptors (Lipinski definition) is 5. The van der Waals surface area contributed by atoms with Gasteiger partial charge < -0.3 is 19.5 Å². The highest BCUT2D eigenvalue weighted by Gasteiger charge is 2.51. The van der Waals surface area contributed by atoms with Gasteiger partial charge in [-0.3, -0.25) is 4.79 Å². The summed E-state index contributed by atoms with van der Waals surface area (Å²) in [5.74, 6) is -0.351. The Morgan fingerprint density at radius 2 is 1.42 bits per heavy atom.